The number of fused-ring (bicyclic) bond motifs is 2. The minimum absolute atomic E-state index is 0.160. The lowest BCUT2D eigenvalue weighted by molar-refractivity contribution is -0.0165. The molecule has 1 N–H and O–H groups in total. The molecule has 7 heteroatoms. The Hall–Kier alpha value is -2.35. The first kappa shape index (κ1) is 22.8. The van der Waals surface area contributed by atoms with Crippen molar-refractivity contribution in [3.05, 3.63) is 56.2 Å². The van der Waals surface area contributed by atoms with E-state index in [0.717, 1.165) is 41.5 Å². The number of ketones is 1. The molecule has 0 aliphatic carbocycles. The van der Waals surface area contributed by atoms with Crippen molar-refractivity contribution in [2.75, 3.05) is 19.9 Å². The molecule has 0 fully saturated rings. The van der Waals surface area contributed by atoms with E-state index in [4.69, 9.17) is 14.2 Å². The van der Waals surface area contributed by atoms with Crippen LogP contribution in [0.4, 0.5) is 0 Å². The Kier molecular flexibility index (Phi) is 6.88. The third-order valence-electron chi connectivity index (χ3n) is 5.67. The number of Topliss-reactive ketones (excluding diaryl/α,β-unsaturated/α-hetero) is 1. The van der Waals surface area contributed by atoms with Gasteiger partial charge in [0.05, 0.1) is 17.7 Å². The van der Waals surface area contributed by atoms with Gasteiger partial charge in [0.15, 0.2) is 12.6 Å². The average molecular weight is 502 g/mol. The zero-order valence-corrected chi connectivity index (χ0v) is 20.3. The van der Waals surface area contributed by atoms with Crippen LogP contribution in [0, 0.1) is 6.92 Å². The number of carbonyl (C=O) groups excluding carboxylic acids is 1. The summed E-state index contributed by atoms with van der Waals surface area (Å²) < 4.78 is 18.1. The van der Waals surface area contributed by atoms with E-state index in [-0.39, 0.29) is 24.1 Å². The molecule has 32 heavy (non-hydrogen) atoms. The molecule has 2 aliphatic rings. The van der Waals surface area contributed by atoms with Crippen molar-refractivity contribution in [1.29, 1.82) is 0 Å². The highest BCUT2D eigenvalue weighted by Crippen LogP contribution is 2.43. The number of aryl methyl sites for hydroxylation is 1. The number of aromatic hydroxyl groups is 1. The second kappa shape index (κ2) is 9.65. The van der Waals surface area contributed by atoms with Gasteiger partial charge < -0.3 is 19.3 Å². The van der Waals surface area contributed by atoms with Crippen LogP contribution in [0.25, 0.3) is 6.08 Å². The van der Waals surface area contributed by atoms with Crippen LogP contribution < -0.4 is 9.47 Å². The van der Waals surface area contributed by atoms with E-state index in [1.54, 1.807) is 12.1 Å². The first-order valence-corrected chi connectivity index (χ1v) is 11.8. The normalized spacial score (nSPS) is 16.2. The van der Waals surface area contributed by atoms with Gasteiger partial charge in [-0.3, -0.25) is 9.69 Å². The Morgan fingerprint density at radius 2 is 1.91 bits per heavy atom. The predicted molar refractivity (Wildman–Crippen MR) is 126 cm³/mol. The molecule has 6 nitrogen and oxygen atoms in total. The maximum atomic E-state index is 13.3. The van der Waals surface area contributed by atoms with Crippen LogP contribution in [-0.4, -0.2) is 35.7 Å². The highest BCUT2D eigenvalue weighted by Gasteiger charge is 2.34. The average Bonchev–Trinajstić information content (AvgIpc) is 3.07. The predicted octanol–water partition coefficient (Wildman–Crippen LogP) is 5.57. The summed E-state index contributed by atoms with van der Waals surface area (Å²) in [5.74, 6) is 1.35. The van der Waals surface area contributed by atoms with E-state index in [0.29, 0.717) is 41.3 Å². The fourth-order valence-electron chi connectivity index (χ4n) is 4.32. The standard InChI is InChI=1S/C25H28BrNO5/c1-4-6-27(7-5-2)12-19-20(28)8-15(3)22-23(29)21(32-25(19)22)11-16-9-18(26)10-17-13-30-14-31-24(16)17/h8-11,28H,4-7,12-14H2,1-3H3/b21-11+. The zero-order chi connectivity index (χ0) is 22.8. The summed E-state index contributed by atoms with van der Waals surface area (Å²) in [6.07, 6.45) is 3.74. The first-order chi connectivity index (χ1) is 15.4. The Bertz CT molecular complexity index is 1070. The highest BCUT2D eigenvalue weighted by molar-refractivity contribution is 9.10. The molecule has 2 heterocycles. The van der Waals surface area contributed by atoms with Crippen LogP contribution in [0.5, 0.6) is 17.2 Å². The summed E-state index contributed by atoms with van der Waals surface area (Å²) in [5, 5.41) is 10.7. The number of rotatable bonds is 7. The van der Waals surface area contributed by atoms with Gasteiger partial charge in [-0.2, -0.15) is 0 Å². The van der Waals surface area contributed by atoms with E-state index < -0.39 is 0 Å². The lowest BCUT2D eigenvalue weighted by atomic mass is 9.98. The summed E-state index contributed by atoms with van der Waals surface area (Å²) in [4.78, 5) is 15.6. The van der Waals surface area contributed by atoms with Gasteiger partial charge in [-0.15, -0.1) is 0 Å². The Balaban J connectivity index is 1.74. The minimum Gasteiger partial charge on any atom is -0.507 e. The molecule has 2 aliphatic heterocycles. The van der Waals surface area contributed by atoms with Gasteiger partial charge in [0, 0.05) is 22.1 Å². The fraction of sp³-hybridized carbons (Fsp3) is 0.400. The lowest BCUT2D eigenvalue weighted by Crippen LogP contribution is -2.25. The molecule has 0 radical (unpaired) electrons. The number of allylic oxidation sites excluding steroid dienone is 1. The Morgan fingerprint density at radius 3 is 2.62 bits per heavy atom. The number of halogens is 1. The lowest BCUT2D eigenvalue weighted by Gasteiger charge is -2.23. The van der Waals surface area contributed by atoms with E-state index in [1.807, 2.05) is 19.1 Å². The monoisotopic (exact) mass is 501 g/mol. The van der Waals surface area contributed by atoms with Gasteiger partial charge >= 0.3 is 0 Å². The smallest absolute Gasteiger partial charge is 0.232 e. The molecule has 0 amide bonds. The molecule has 2 aromatic rings. The highest BCUT2D eigenvalue weighted by atomic mass is 79.9. The maximum Gasteiger partial charge on any atom is 0.232 e. The second-order valence-corrected chi connectivity index (χ2v) is 9.12. The number of ether oxygens (including phenoxy) is 3. The second-order valence-electron chi connectivity index (χ2n) is 8.21. The molecule has 0 unspecified atom stereocenters. The molecule has 0 spiro atoms. The number of hydrogen-bond donors (Lipinski definition) is 1. The fourth-order valence-corrected chi connectivity index (χ4v) is 4.84. The number of phenols is 1. The summed E-state index contributed by atoms with van der Waals surface area (Å²) >= 11 is 3.52. The Labute approximate surface area is 196 Å². The molecule has 0 saturated heterocycles. The van der Waals surface area contributed by atoms with Crippen LogP contribution in [-0.2, 0) is 17.9 Å². The number of carbonyl (C=O) groups is 1. The molecule has 170 valence electrons. The third-order valence-corrected chi connectivity index (χ3v) is 6.13. The molecule has 0 saturated carbocycles. The van der Waals surface area contributed by atoms with Crippen molar-refractivity contribution in [3.63, 3.8) is 0 Å². The van der Waals surface area contributed by atoms with Gasteiger partial charge in [0.2, 0.25) is 5.78 Å². The molecule has 0 atom stereocenters. The van der Waals surface area contributed by atoms with E-state index in [2.05, 4.69) is 34.7 Å². The zero-order valence-electron chi connectivity index (χ0n) is 18.7. The van der Waals surface area contributed by atoms with Crippen molar-refractivity contribution in [2.45, 2.75) is 46.8 Å². The summed E-state index contributed by atoms with van der Waals surface area (Å²) in [7, 11) is 0. The summed E-state index contributed by atoms with van der Waals surface area (Å²) in [5.41, 5.74) is 3.53. The van der Waals surface area contributed by atoms with E-state index in [9.17, 15) is 9.90 Å². The van der Waals surface area contributed by atoms with Crippen LogP contribution in [0.1, 0.15) is 59.3 Å². The summed E-state index contributed by atoms with van der Waals surface area (Å²) in [6.45, 7) is 9.06. The van der Waals surface area contributed by atoms with E-state index >= 15 is 0 Å². The van der Waals surface area contributed by atoms with Crippen molar-refractivity contribution in [3.8, 4) is 17.2 Å². The van der Waals surface area contributed by atoms with Gasteiger partial charge in [-0.05, 0) is 62.7 Å². The molecular weight excluding hydrogens is 474 g/mol. The quantitative estimate of drug-likeness (QED) is 0.500. The summed E-state index contributed by atoms with van der Waals surface area (Å²) in [6, 6.07) is 5.50. The molecular formula is C25H28BrNO5. The third kappa shape index (κ3) is 4.42. The maximum absolute atomic E-state index is 13.3. The number of benzene rings is 2. The SMILES string of the molecule is CCCN(CCC)Cc1c(O)cc(C)c2c1O/C(=C/c1cc(Br)cc3c1OCOC3)C2=O. The van der Waals surface area contributed by atoms with Gasteiger partial charge in [-0.1, -0.05) is 29.8 Å². The number of hydrogen-bond acceptors (Lipinski definition) is 6. The van der Waals surface area contributed by atoms with Crippen molar-refractivity contribution in [2.24, 2.45) is 0 Å². The molecule has 4 rings (SSSR count). The molecule has 0 aromatic heterocycles. The minimum atomic E-state index is -0.183. The van der Waals surface area contributed by atoms with Crippen molar-refractivity contribution in [1.82, 2.24) is 4.90 Å². The van der Waals surface area contributed by atoms with Gasteiger partial charge in [-0.25, -0.2) is 0 Å². The van der Waals surface area contributed by atoms with Crippen molar-refractivity contribution >= 4 is 27.8 Å². The molecule has 0 bridgehead atoms. The van der Waals surface area contributed by atoms with Crippen LogP contribution >= 0.6 is 15.9 Å². The van der Waals surface area contributed by atoms with Crippen LogP contribution in [0.3, 0.4) is 0 Å². The van der Waals surface area contributed by atoms with Crippen LogP contribution in [0.2, 0.25) is 0 Å². The number of phenolic OH excluding ortho intramolecular Hbond substituents is 1. The number of nitrogens with zero attached hydrogens (tertiary/aromatic N) is 1. The van der Waals surface area contributed by atoms with E-state index in [1.165, 1.54) is 0 Å². The largest absolute Gasteiger partial charge is 0.507 e. The Morgan fingerprint density at radius 1 is 1.16 bits per heavy atom. The van der Waals surface area contributed by atoms with Crippen LogP contribution in [0.15, 0.2) is 28.4 Å². The first-order valence-electron chi connectivity index (χ1n) is 11.0. The van der Waals surface area contributed by atoms with Gasteiger partial charge in [0.1, 0.15) is 17.2 Å². The van der Waals surface area contributed by atoms with Gasteiger partial charge in [0.25, 0.3) is 0 Å². The van der Waals surface area contributed by atoms with Crippen molar-refractivity contribution < 1.29 is 24.1 Å². The topological polar surface area (TPSA) is 68.2 Å². The molecule has 2 aromatic carbocycles.